The average molecular weight is 240 g/mol. The number of thioether (sulfide) groups is 1. The SMILES string of the molecule is CSC(=S)NN=C(C)c1ccccc1O. The zero-order valence-corrected chi connectivity index (χ0v) is 10.2. The van der Waals surface area contributed by atoms with Crippen LogP contribution in [0, 0.1) is 0 Å². The fraction of sp³-hybridized carbons (Fsp3) is 0.200. The third kappa shape index (κ3) is 3.53. The summed E-state index contributed by atoms with van der Waals surface area (Å²) >= 11 is 6.36. The van der Waals surface area contributed by atoms with Gasteiger partial charge in [-0.1, -0.05) is 36.1 Å². The molecule has 0 fully saturated rings. The van der Waals surface area contributed by atoms with E-state index in [9.17, 15) is 5.11 Å². The number of rotatable bonds is 2. The van der Waals surface area contributed by atoms with Gasteiger partial charge < -0.3 is 5.11 Å². The van der Waals surface area contributed by atoms with Crippen LogP contribution >= 0.6 is 24.0 Å². The Kier molecular flexibility index (Phi) is 4.58. The fourth-order valence-electron chi connectivity index (χ4n) is 1.01. The number of benzene rings is 1. The lowest BCUT2D eigenvalue weighted by Gasteiger charge is -2.04. The number of nitrogens with zero attached hydrogens (tertiary/aromatic N) is 1. The normalized spacial score (nSPS) is 11.2. The Morgan fingerprint density at radius 3 is 2.73 bits per heavy atom. The van der Waals surface area contributed by atoms with Crippen LogP contribution in [0.3, 0.4) is 0 Å². The molecule has 0 saturated carbocycles. The summed E-state index contributed by atoms with van der Waals surface area (Å²) in [6, 6.07) is 7.05. The molecular weight excluding hydrogens is 228 g/mol. The molecule has 0 heterocycles. The highest BCUT2D eigenvalue weighted by atomic mass is 32.2. The summed E-state index contributed by atoms with van der Waals surface area (Å²) in [7, 11) is 0. The molecule has 1 aromatic carbocycles. The summed E-state index contributed by atoms with van der Waals surface area (Å²) in [6.45, 7) is 1.81. The molecule has 0 spiro atoms. The first-order valence-electron chi connectivity index (χ1n) is 4.31. The second-order valence-corrected chi connectivity index (χ2v) is 4.30. The summed E-state index contributed by atoms with van der Waals surface area (Å²) in [6.07, 6.45) is 1.88. The molecule has 1 rings (SSSR count). The van der Waals surface area contributed by atoms with Crippen LogP contribution in [-0.2, 0) is 0 Å². The van der Waals surface area contributed by atoms with E-state index < -0.39 is 0 Å². The first kappa shape index (κ1) is 12.0. The van der Waals surface area contributed by atoms with Gasteiger partial charge in [-0.05, 0) is 25.3 Å². The van der Waals surface area contributed by atoms with Crippen molar-refractivity contribution in [3.8, 4) is 5.75 Å². The number of hydrogen-bond acceptors (Lipinski definition) is 4. The topological polar surface area (TPSA) is 44.6 Å². The molecule has 0 aromatic heterocycles. The molecule has 2 N–H and O–H groups in total. The van der Waals surface area contributed by atoms with Crippen LogP contribution in [0.15, 0.2) is 29.4 Å². The molecule has 0 bridgehead atoms. The standard InChI is InChI=1S/C10H12N2OS2/c1-7(11-12-10(14)15-2)8-5-3-4-6-9(8)13/h3-6,13H,1-2H3,(H,12,14). The summed E-state index contributed by atoms with van der Waals surface area (Å²) < 4.78 is 0.602. The Balaban J connectivity index is 2.80. The molecule has 0 unspecified atom stereocenters. The Labute approximate surface area is 98.6 Å². The highest BCUT2D eigenvalue weighted by Crippen LogP contribution is 2.16. The second-order valence-electron chi connectivity index (χ2n) is 2.82. The fourth-order valence-corrected chi connectivity index (χ4v) is 1.20. The Morgan fingerprint density at radius 1 is 1.47 bits per heavy atom. The minimum atomic E-state index is 0.218. The minimum absolute atomic E-state index is 0.218. The molecule has 3 nitrogen and oxygen atoms in total. The van der Waals surface area contributed by atoms with E-state index in [2.05, 4.69) is 10.5 Å². The number of aromatic hydroxyl groups is 1. The zero-order chi connectivity index (χ0) is 11.3. The van der Waals surface area contributed by atoms with E-state index >= 15 is 0 Å². The van der Waals surface area contributed by atoms with Crippen LogP contribution < -0.4 is 5.43 Å². The maximum absolute atomic E-state index is 9.56. The van der Waals surface area contributed by atoms with Gasteiger partial charge in [0.05, 0.1) is 5.71 Å². The molecule has 1 aromatic rings. The molecule has 15 heavy (non-hydrogen) atoms. The van der Waals surface area contributed by atoms with Gasteiger partial charge in [0.2, 0.25) is 0 Å². The molecule has 0 saturated heterocycles. The van der Waals surface area contributed by atoms with Gasteiger partial charge in [-0.25, -0.2) is 0 Å². The molecule has 0 aliphatic rings. The smallest absolute Gasteiger partial charge is 0.153 e. The predicted octanol–water partition coefficient (Wildman–Crippen LogP) is 2.35. The molecule has 80 valence electrons. The Hall–Kier alpha value is -1.07. The van der Waals surface area contributed by atoms with Gasteiger partial charge in [-0.15, -0.1) is 0 Å². The summed E-state index contributed by atoms with van der Waals surface area (Å²) in [5.41, 5.74) is 4.13. The van der Waals surface area contributed by atoms with Crippen LogP contribution in [0.1, 0.15) is 12.5 Å². The van der Waals surface area contributed by atoms with E-state index in [0.29, 0.717) is 15.6 Å². The van der Waals surface area contributed by atoms with E-state index in [1.807, 2.05) is 19.2 Å². The van der Waals surface area contributed by atoms with E-state index in [0.717, 1.165) is 0 Å². The van der Waals surface area contributed by atoms with Crippen molar-refractivity contribution in [2.45, 2.75) is 6.92 Å². The van der Waals surface area contributed by atoms with Crippen molar-refractivity contribution in [1.29, 1.82) is 0 Å². The van der Waals surface area contributed by atoms with Gasteiger partial charge >= 0.3 is 0 Å². The summed E-state index contributed by atoms with van der Waals surface area (Å²) in [4.78, 5) is 0. The van der Waals surface area contributed by atoms with E-state index in [-0.39, 0.29) is 5.75 Å². The van der Waals surface area contributed by atoms with Crippen molar-refractivity contribution in [1.82, 2.24) is 5.43 Å². The summed E-state index contributed by atoms with van der Waals surface area (Å²) in [5, 5.41) is 13.6. The number of nitrogens with one attached hydrogen (secondary N) is 1. The van der Waals surface area contributed by atoms with Gasteiger partial charge in [0, 0.05) is 5.56 Å². The molecule has 0 amide bonds. The number of para-hydroxylation sites is 1. The Bertz CT molecular complexity index is 391. The molecule has 5 heteroatoms. The van der Waals surface area contributed by atoms with E-state index in [1.165, 1.54) is 11.8 Å². The molecule has 0 atom stereocenters. The van der Waals surface area contributed by atoms with Crippen molar-refractivity contribution in [2.24, 2.45) is 5.10 Å². The van der Waals surface area contributed by atoms with Crippen molar-refractivity contribution in [2.75, 3.05) is 6.26 Å². The van der Waals surface area contributed by atoms with Gasteiger partial charge in [-0.3, -0.25) is 5.43 Å². The van der Waals surface area contributed by atoms with Crippen molar-refractivity contribution < 1.29 is 5.11 Å². The largest absolute Gasteiger partial charge is 0.507 e. The van der Waals surface area contributed by atoms with E-state index in [4.69, 9.17) is 12.2 Å². The monoisotopic (exact) mass is 240 g/mol. The third-order valence-corrected chi connectivity index (χ3v) is 2.85. The lowest BCUT2D eigenvalue weighted by atomic mass is 10.1. The number of hydrazone groups is 1. The second kappa shape index (κ2) is 5.72. The number of phenols is 1. The van der Waals surface area contributed by atoms with Crippen LogP contribution in [0.2, 0.25) is 0 Å². The van der Waals surface area contributed by atoms with Crippen LogP contribution in [-0.4, -0.2) is 21.4 Å². The number of thiocarbonyl (C=S) groups is 1. The lowest BCUT2D eigenvalue weighted by molar-refractivity contribution is 0.474. The first-order valence-corrected chi connectivity index (χ1v) is 5.95. The minimum Gasteiger partial charge on any atom is -0.507 e. The highest BCUT2D eigenvalue weighted by molar-refractivity contribution is 8.22. The zero-order valence-electron chi connectivity index (χ0n) is 8.52. The van der Waals surface area contributed by atoms with Gasteiger partial charge in [0.1, 0.15) is 5.75 Å². The summed E-state index contributed by atoms with van der Waals surface area (Å²) in [5.74, 6) is 0.218. The molecule has 0 aliphatic carbocycles. The lowest BCUT2D eigenvalue weighted by Crippen LogP contribution is -2.13. The number of hydrogen-bond donors (Lipinski definition) is 2. The molecule has 0 aliphatic heterocycles. The molecule has 0 radical (unpaired) electrons. The van der Waals surface area contributed by atoms with Gasteiger partial charge in [0.15, 0.2) is 4.32 Å². The number of phenolic OH excluding ortho intramolecular Hbond substituents is 1. The maximum atomic E-state index is 9.56. The van der Waals surface area contributed by atoms with Gasteiger partial charge in [-0.2, -0.15) is 5.10 Å². The average Bonchev–Trinajstić information content (AvgIpc) is 2.26. The van der Waals surface area contributed by atoms with Gasteiger partial charge in [0.25, 0.3) is 0 Å². The maximum Gasteiger partial charge on any atom is 0.153 e. The van der Waals surface area contributed by atoms with Crippen LogP contribution in [0.4, 0.5) is 0 Å². The Morgan fingerprint density at radius 2 is 2.13 bits per heavy atom. The quantitative estimate of drug-likeness (QED) is 0.473. The van der Waals surface area contributed by atoms with Crippen LogP contribution in [0.5, 0.6) is 5.75 Å². The van der Waals surface area contributed by atoms with Crippen molar-refractivity contribution >= 4 is 34.0 Å². The predicted molar refractivity (Wildman–Crippen MR) is 69.6 cm³/mol. The van der Waals surface area contributed by atoms with E-state index in [1.54, 1.807) is 18.2 Å². The first-order chi connectivity index (χ1) is 7.15. The van der Waals surface area contributed by atoms with Crippen molar-refractivity contribution in [3.63, 3.8) is 0 Å². The van der Waals surface area contributed by atoms with Crippen LogP contribution in [0.25, 0.3) is 0 Å². The van der Waals surface area contributed by atoms with Crippen molar-refractivity contribution in [3.05, 3.63) is 29.8 Å². The molecular formula is C10H12N2OS2. The third-order valence-electron chi connectivity index (χ3n) is 1.79. The highest BCUT2D eigenvalue weighted by Gasteiger charge is 2.02.